The van der Waals surface area contributed by atoms with Crippen molar-refractivity contribution in [2.75, 3.05) is 5.75 Å². The van der Waals surface area contributed by atoms with Crippen molar-refractivity contribution in [3.8, 4) is 0 Å². The van der Waals surface area contributed by atoms with E-state index in [2.05, 4.69) is 37.9 Å². The molecule has 1 amide bonds. The first-order chi connectivity index (χ1) is 7.04. The van der Waals surface area contributed by atoms with E-state index in [0.29, 0.717) is 12.2 Å². The molecule has 1 rings (SSSR count). The number of hydrogen-bond donors (Lipinski definition) is 2. The van der Waals surface area contributed by atoms with Gasteiger partial charge in [0.15, 0.2) is 0 Å². The third-order valence-corrected chi connectivity index (χ3v) is 3.47. The van der Waals surface area contributed by atoms with Crippen LogP contribution in [0.3, 0.4) is 0 Å². The van der Waals surface area contributed by atoms with Crippen LogP contribution >= 0.6 is 24.0 Å². The predicted molar refractivity (Wildman–Crippen MR) is 68.8 cm³/mol. The second kappa shape index (κ2) is 5.56. The minimum Gasteiger partial charge on any atom is -0.350 e. The van der Waals surface area contributed by atoms with Gasteiger partial charge in [0.2, 0.25) is 5.91 Å². The Kier molecular flexibility index (Phi) is 4.67. The van der Waals surface area contributed by atoms with E-state index < -0.39 is 0 Å². The Hall–Kier alpha value is -0.480. The van der Waals surface area contributed by atoms with Gasteiger partial charge in [-0.1, -0.05) is 0 Å². The monoisotopic (exact) mass is 243 g/mol. The van der Waals surface area contributed by atoms with Crippen LogP contribution in [0.1, 0.15) is 34.7 Å². The quantitative estimate of drug-likeness (QED) is 0.782. The predicted octanol–water partition coefficient (Wildman–Crippen LogP) is 2.86. The van der Waals surface area contributed by atoms with Gasteiger partial charge in [0, 0.05) is 16.2 Å². The number of thiol groups is 1. The molecule has 1 unspecified atom stereocenters. The molecular weight excluding hydrogens is 226 g/mol. The molecule has 0 saturated carbocycles. The molecule has 0 spiro atoms. The fraction of sp³-hybridized carbons (Fsp3) is 0.545. The van der Waals surface area contributed by atoms with Crippen molar-refractivity contribution in [1.82, 2.24) is 5.32 Å². The molecule has 15 heavy (non-hydrogen) atoms. The van der Waals surface area contributed by atoms with Crippen molar-refractivity contribution >= 4 is 29.9 Å². The summed E-state index contributed by atoms with van der Waals surface area (Å²) in [5, 5.41) is 2.97. The number of rotatable bonds is 4. The smallest absolute Gasteiger partial charge is 0.221 e. The van der Waals surface area contributed by atoms with Crippen LogP contribution in [0.4, 0.5) is 0 Å². The largest absolute Gasteiger partial charge is 0.350 e. The van der Waals surface area contributed by atoms with Crippen molar-refractivity contribution in [3.05, 3.63) is 21.4 Å². The molecule has 1 aromatic heterocycles. The van der Waals surface area contributed by atoms with E-state index in [1.807, 2.05) is 6.92 Å². The third-order valence-electron chi connectivity index (χ3n) is 2.26. The van der Waals surface area contributed by atoms with Crippen LogP contribution in [-0.4, -0.2) is 11.7 Å². The van der Waals surface area contributed by atoms with Crippen LogP contribution in [0, 0.1) is 13.8 Å². The molecule has 0 aromatic carbocycles. The number of carbonyl (C=O) groups is 1. The summed E-state index contributed by atoms with van der Waals surface area (Å²) in [6.45, 7) is 6.20. The lowest BCUT2D eigenvalue weighted by Crippen LogP contribution is -2.26. The van der Waals surface area contributed by atoms with Gasteiger partial charge in [0.05, 0.1) is 6.04 Å². The summed E-state index contributed by atoms with van der Waals surface area (Å²) in [4.78, 5) is 14.0. The maximum Gasteiger partial charge on any atom is 0.221 e. The SMILES string of the molecule is Cc1cc(C(C)NC(=O)CCS)c(C)s1. The molecule has 0 saturated heterocycles. The van der Waals surface area contributed by atoms with Gasteiger partial charge in [-0.2, -0.15) is 12.6 Å². The van der Waals surface area contributed by atoms with E-state index in [0.717, 1.165) is 0 Å². The summed E-state index contributed by atoms with van der Waals surface area (Å²) in [6, 6.07) is 2.24. The van der Waals surface area contributed by atoms with E-state index in [9.17, 15) is 4.79 Å². The van der Waals surface area contributed by atoms with Gasteiger partial charge in [-0.05, 0) is 38.2 Å². The maximum absolute atomic E-state index is 11.4. The molecule has 0 radical (unpaired) electrons. The molecule has 1 heterocycles. The van der Waals surface area contributed by atoms with Gasteiger partial charge < -0.3 is 5.32 Å². The molecule has 4 heteroatoms. The molecule has 84 valence electrons. The maximum atomic E-state index is 11.4. The number of amides is 1. The molecule has 0 aliphatic carbocycles. The zero-order chi connectivity index (χ0) is 11.4. The van der Waals surface area contributed by atoms with E-state index in [4.69, 9.17) is 0 Å². The summed E-state index contributed by atoms with van der Waals surface area (Å²) < 4.78 is 0. The number of nitrogens with one attached hydrogen (secondary N) is 1. The first-order valence-electron chi connectivity index (χ1n) is 5.01. The first-order valence-corrected chi connectivity index (χ1v) is 6.46. The summed E-state index contributed by atoms with van der Waals surface area (Å²) >= 11 is 5.81. The Bertz CT molecular complexity index is 346. The van der Waals surface area contributed by atoms with E-state index in [1.165, 1.54) is 15.3 Å². The highest BCUT2D eigenvalue weighted by Crippen LogP contribution is 2.26. The summed E-state index contributed by atoms with van der Waals surface area (Å²) in [5.41, 5.74) is 1.23. The molecule has 0 bridgehead atoms. The number of carbonyl (C=O) groups excluding carboxylic acids is 1. The molecule has 1 N–H and O–H groups in total. The Morgan fingerprint density at radius 1 is 1.60 bits per heavy atom. The van der Waals surface area contributed by atoms with Crippen LogP contribution in [0.2, 0.25) is 0 Å². The third kappa shape index (κ3) is 3.54. The van der Waals surface area contributed by atoms with Gasteiger partial charge in [0.1, 0.15) is 0 Å². The second-order valence-corrected chi connectivity index (χ2v) is 5.54. The van der Waals surface area contributed by atoms with Crippen LogP contribution in [0.15, 0.2) is 6.07 Å². The number of thiophene rings is 1. The van der Waals surface area contributed by atoms with Crippen molar-refractivity contribution in [3.63, 3.8) is 0 Å². The molecule has 0 aliphatic heterocycles. The van der Waals surface area contributed by atoms with Gasteiger partial charge in [-0.25, -0.2) is 0 Å². The second-order valence-electron chi connectivity index (χ2n) is 3.63. The Morgan fingerprint density at radius 2 is 2.27 bits per heavy atom. The van der Waals surface area contributed by atoms with Crippen LogP contribution in [0.5, 0.6) is 0 Å². The summed E-state index contributed by atoms with van der Waals surface area (Å²) in [7, 11) is 0. The molecule has 0 fully saturated rings. The highest BCUT2D eigenvalue weighted by atomic mass is 32.1. The van der Waals surface area contributed by atoms with E-state index in [-0.39, 0.29) is 11.9 Å². The van der Waals surface area contributed by atoms with Crippen molar-refractivity contribution in [2.45, 2.75) is 33.2 Å². The fourth-order valence-corrected chi connectivity index (χ4v) is 2.80. The van der Waals surface area contributed by atoms with E-state index >= 15 is 0 Å². The Morgan fingerprint density at radius 3 is 2.73 bits per heavy atom. The zero-order valence-corrected chi connectivity index (χ0v) is 11.0. The van der Waals surface area contributed by atoms with Crippen molar-refractivity contribution in [2.24, 2.45) is 0 Å². The lowest BCUT2D eigenvalue weighted by Gasteiger charge is -2.13. The van der Waals surface area contributed by atoms with Gasteiger partial charge in [-0.3, -0.25) is 4.79 Å². The topological polar surface area (TPSA) is 29.1 Å². The molecule has 0 aliphatic rings. The van der Waals surface area contributed by atoms with E-state index in [1.54, 1.807) is 11.3 Å². The van der Waals surface area contributed by atoms with Crippen LogP contribution in [-0.2, 0) is 4.79 Å². The fourth-order valence-electron chi connectivity index (χ4n) is 1.57. The Labute approximate surface area is 100 Å². The minimum absolute atomic E-state index is 0.0701. The van der Waals surface area contributed by atoms with Gasteiger partial charge >= 0.3 is 0 Å². The van der Waals surface area contributed by atoms with Crippen molar-refractivity contribution in [1.29, 1.82) is 0 Å². The molecule has 1 aromatic rings. The highest BCUT2D eigenvalue weighted by Gasteiger charge is 2.12. The highest BCUT2D eigenvalue weighted by molar-refractivity contribution is 7.80. The number of aryl methyl sites for hydroxylation is 2. The standard InChI is InChI=1S/C11H17NOS2/c1-7-6-10(9(3)15-7)8(2)12-11(13)4-5-14/h6,8,14H,4-5H2,1-3H3,(H,12,13). The van der Waals surface area contributed by atoms with Crippen LogP contribution in [0.25, 0.3) is 0 Å². The van der Waals surface area contributed by atoms with Gasteiger partial charge in [-0.15, -0.1) is 11.3 Å². The first kappa shape index (κ1) is 12.6. The number of hydrogen-bond acceptors (Lipinski definition) is 3. The molecule has 2 nitrogen and oxygen atoms in total. The summed E-state index contributed by atoms with van der Waals surface area (Å²) in [6.07, 6.45) is 0.482. The van der Waals surface area contributed by atoms with Gasteiger partial charge in [0.25, 0.3) is 0 Å². The molecular formula is C11H17NOS2. The average molecular weight is 243 g/mol. The summed E-state index contributed by atoms with van der Waals surface area (Å²) in [5.74, 6) is 0.668. The van der Waals surface area contributed by atoms with Crippen LogP contribution < -0.4 is 5.32 Å². The van der Waals surface area contributed by atoms with Crippen molar-refractivity contribution < 1.29 is 4.79 Å². The average Bonchev–Trinajstić information content (AvgIpc) is 2.45. The zero-order valence-electron chi connectivity index (χ0n) is 9.33. The molecule has 1 atom stereocenters. The Balaban J connectivity index is 2.64. The lowest BCUT2D eigenvalue weighted by molar-refractivity contribution is -0.121. The lowest BCUT2D eigenvalue weighted by atomic mass is 10.1. The normalized spacial score (nSPS) is 12.5. The minimum atomic E-state index is 0.0701.